The number of thioether (sulfide) groups is 1. The summed E-state index contributed by atoms with van der Waals surface area (Å²) >= 11 is 1.76. The molecular weight excluding hydrogens is 316 g/mol. The van der Waals surface area contributed by atoms with Crippen LogP contribution in [-0.2, 0) is 0 Å². The van der Waals surface area contributed by atoms with E-state index in [4.69, 9.17) is 0 Å². The van der Waals surface area contributed by atoms with Crippen LogP contribution in [0.1, 0.15) is 29.6 Å². The van der Waals surface area contributed by atoms with E-state index in [-0.39, 0.29) is 5.91 Å². The van der Waals surface area contributed by atoms with Gasteiger partial charge < -0.3 is 10.2 Å². The SMILES string of the molecule is O=C(NCCSc1ccccc1)c1ccc(N2CCCCC2)cc1. The number of anilines is 1. The summed E-state index contributed by atoms with van der Waals surface area (Å²) in [4.78, 5) is 15.8. The number of hydrogen-bond acceptors (Lipinski definition) is 3. The maximum absolute atomic E-state index is 12.2. The summed E-state index contributed by atoms with van der Waals surface area (Å²) in [6.07, 6.45) is 3.86. The van der Waals surface area contributed by atoms with Gasteiger partial charge in [-0.1, -0.05) is 18.2 Å². The zero-order valence-corrected chi connectivity index (χ0v) is 14.7. The zero-order valence-electron chi connectivity index (χ0n) is 13.9. The first kappa shape index (κ1) is 16.9. The second kappa shape index (κ2) is 8.78. The summed E-state index contributed by atoms with van der Waals surface area (Å²) in [5.74, 6) is 0.885. The third kappa shape index (κ3) is 4.78. The van der Waals surface area contributed by atoms with E-state index in [2.05, 4.69) is 34.5 Å². The summed E-state index contributed by atoms with van der Waals surface area (Å²) in [6.45, 7) is 2.93. The Morgan fingerprint density at radius 2 is 1.67 bits per heavy atom. The average Bonchev–Trinajstić information content (AvgIpc) is 2.67. The Labute approximate surface area is 148 Å². The Morgan fingerprint density at radius 3 is 2.38 bits per heavy atom. The Bertz CT molecular complexity index is 636. The Kier molecular flexibility index (Phi) is 6.19. The number of hydrogen-bond donors (Lipinski definition) is 1. The van der Waals surface area contributed by atoms with Gasteiger partial charge in [0.15, 0.2) is 0 Å². The highest BCUT2D eigenvalue weighted by Crippen LogP contribution is 2.20. The number of amides is 1. The van der Waals surface area contributed by atoms with Crippen molar-refractivity contribution in [1.82, 2.24) is 5.32 Å². The summed E-state index contributed by atoms with van der Waals surface area (Å²) in [6, 6.07) is 18.3. The summed E-state index contributed by atoms with van der Waals surface area (Å²) in [5, 5.41) is 2.99. The van der Waals surface area contributed by atoms with Gasteiger partial charge in [0, 0.05) is 41.5 Å². The third-order valence-electron chi connectivity index (χ3n) is 4.25. The molecule has 0 spiro atoms. The first-order valence-electron chi connectivity index (χ1n) is 8.64. The molecule has 0 bridgehead atoms. The van der Waals surface area contributed by atoms with Crippen molar-refractivity contribution in [2.45, 2.75) is 24.2 Å². The number of piperidine rings is 1. The minimum atomic E-state index is 0.00820. The molecule has 1 aliphatic rings. The molecule has 1 N–H and O–H groups in total. The van der Waals surface area contributed by atoms with Crippen molar-refractivity contribution < 1.29 is 4.79 Å². The standard InChI is InChI=1S/C20H24N2OS/c23-20(21-13-16-24-19-7-3-1-4-8-19)17-9-11-18(12-10-17)22-14-5-2-6-15-22/h1,3-4,7-12H,2,5-6,13-16H2,(H,21,23). The molecule has 1 amide bonds. The lowest BCUT2D eigenvalue weighted by Crippen LogP contribution is -2.29. The van der Waals surface area contributed by atoms with Crippen molar-refractivity contribution in [2.75, 3.05) is 30.3 Å². The molecule has 2 aromatic rings. The van der Waals surface area contributed by atoms with Crippen LogP contribution in [0, 0.1) is 0 Å². The number of carbonyl (C=O) groups excluding carboxylic acids is 1. The lowest BCUT2D eigenvalue weighted by Gasteiger charge is -2.28. The fraction of sp³-hybridized carbons (Fsp3) is 0.350. The molecule has 0 saturated carbocycles. The van der Waals surface area contributed by atoms with Crippen LogP contribution >= 0.6 is 11.8 Å². The normalized spacial score (nSPS) is 14.4. The van der Waals surface area contributed by atoms with Gasteiger partial charge in [0.1, 0.15) is 0 Å². The zero-order chi connectivity index (χ0) is 16.6. The molecule has 2 aromatic carbocycles. The summed E-state index contributed by atoms with van der Waals surface area (Å²) in [7, 11) is 0. The molecule has 0 aliphatic carbocycles. The number of benzene rings is 2. The molecule has 0 aromatic heterocycles. The van der Waals surface area contributed by atoms with E-state index in [1.54, 1.807) is 11.8 Å². The van der Waals surface area contributed by atoms with Gasteiger partial charge in [0.25, 0.3) is 5.91 Å². The van der Waals surface area contributed by atoms with Crippen molar-refractivity contribution in [2.24, 2.45) is 0 Å². The van der Waals surface area contributed by atoms with Crippen LogP contribution in [0.4, 0.5) is 5.69 Å². The first-order chi connectivity index (χ1) is 11.8. The number of rotatable bonds is 6. The van der Waals surface area contributed by atoms with Crippen LogP contribution in [0.15, 0.2) is 59.5 Å². The first-order valence-corrected chi connectivity index (χ1v) is 9.62. The highest BCUT2D eigenvalue weighted by Gasteiger charge is 2.11. The third-order valence-corrected chi connectivity index (χ3v) is 5.26. The van der Waals surface area contributed by atoms with Gasteiger partial charge in [0.05, 0.1) is 0 Å². The van der Waals surface area contributed by atoms with E-state index in [9.17, 15) is 4.79 Å². The molecule has 3 nitrogen and oxygen atoms in total. The Balaban J connectivity index is 1.44. The Hall–Kier alpha value is -1.94. The summed E-state index contributed by atoms with van der Waals surface area (Å²) < 4.78 is 0. The van der Waals surface area contributed by atoms with Crippen molar-refractivity contribution in [3.05, 3.63) is 60.2 Å². The number of nitrogens with zero attached hydrogens (tertiary/aromatic N) is 1. The van der Waals surface area contributed by atoms with Gasteiger partial charge in [-0.2, -0.15) is 0 Å². The molecule has 3 rings (SSSR count). The molecule has 1 heterocycles. The largest absolute Gasteiger partial charge is 0.372 e. The second-order valence-corrected chi connectivity index (χ2v) is 7.18. The van der Waals surface area contributed by atoms with Crippen LogP contribution < -0.4 is 10.2 Å². The van der Waals surface area contributed by atoms with Crippen LogP contribution in [0.5, 0.6) is 0 Å². The van der Waals surface area contributed by atoms with E-state index in [1.807, 2.05) is 30.3 Å². The van der Waals surface area contributed by atoms with Gasteiger partial charge in [-0.15, -0.1) is 11.8 Å². The maximum atomic E-state index is 12.2. The molecule has 1 aliphatic heterocycles. The van der Waals surface area contributed by atoms with Gasteiger partial charge in [-0.05, 0) is 55.7 Å². The monoisotopic (exact) mass is 340 g/mol. The minimum Gasteiger partial charge on any atom is -0.372 e. The molecule has 4 heteroatoms. The van der Waals surface area contributed by atoms with Gasteiger partial charge in [-0.3, -0.25) is 4.79 Å². The average molecular weight is 340 g/mol. The molecule has 0 unspecified atom stereocenters. The fourth-order valence-corrected chi connectivity index (χ4v) is 3.72. The number of nitrogens with one attached hydrogen (secondary N) is 1. The van der Waals surface area contributed by atoms with Gasteiger partial charge >= 0.3 is 0 Å². The number of carbonyl (C=O) groups is 1. The van der Waals surface area contributed by atoms with E-state index in [0.717, 1.165) is 24.4 Å². The molecule has 1 fully saturated rings. The predicted octanol–water partition coefficient (Wildman–Crippen LogP) is 4.20. The lowest BCUT2D eigenvalue weighted by molar-refractivity contribution is 0.0956. The van der Waals surface area contributed by atoms with Gasteiger partial charge in [-0.25, -0.2) is 0 Å². The molecule has 0 atom stereocenters. The summed E-state index contributed by atoms with van der Waals surface area (Å²) in [5.41, 5.74) is 1.96. The lowest BCUT2D eigenvalue weighted by atomic mass is 10.1. The molecule has 0 radical (unpaired) electrons. The molecule has 1 saturated heterocycles. The molecule has 126 valence electrons. The van der Waals surface area contributed by atoms with Gasteiger partial charge in [0.2, 0.25) is 0 Å². The second-order valence-electron chi connectivity index (χ2n) is 6.01. The minimum absolute atomic E-state index is 0.00820. The van der Waals surface area contributed by atoms with Crippen LogP contribution in [0.25, 0.3) is 0 Å². The molecular formula is C20H24N2OS. The molecule has 24 heavy (non-hydrogen) atoms. The quantitative estimate of drug-likeness (QED) is 0.632. The van der Waals surface area contributed by atoms with Crippen molar-refractivity contribution in [3.63, 3.8) is 0 Å². The topological polar surface area (TPSA) is 32.3 Å². The van der Waals surface area contributed by atoms with E-state index < -0.39 is 0 Å². The van der Waals surface area contributed by atoms with Crippen LogP contribution in [0.2, 0.25) is 0 Å². The van der Waals surface area contributed by atoms with E-state index in [1.165, 1.54) is 29.8 Å². The van der Waals surface area contributed by atoms with Crippen molar-refractivity contribution in [1.29, 1.82) is 0 Å². The van der Waals surface area contributed by atoms with E-state index >= 15 is 0 Å². The fourth-order valence-electron chi connectivity index (χ4n) is 2.93. The predicted molar refractivity (Wildman–Crippen MR) is 102 cm³/mol. The van der Waals surface area contributed by atoms with Crippen LogP contribution in [0.3, 0.4) is 0 Å². The smallest absolute Gasteiger partial charge is 0.251 e. The highest BCUT2D eigenvalue weighted by molar-refractivity contribution is 7.99. The maximum Gasteiger partial charge on any atom is 0.251 e. The Morgan fingerprint density at radius 1 is 0.958 bits per heavy atom. The van der Waals surface area contributed by atoms with E-state index in [0.29, 0.717) is 6.54 Å². The van der Waals surface area contributed by atoms with Crippen LogP contribution in [-0.4, -0.2) is 31.3 Å². The highest BCUT2D eigenvalue weighted by atomic mass is 32.2. The van der Waals surface area contributed by atoms with Crippen molar-refractivity contribution in [3.8, 4) is 0 Å². The van der Waals surface area contributed by atoms with Crippen molar-refractivity contribution >= 4 is 23.4 Å².